The molecule has 0 saturated heterocycles. The van der Waals surface area contributed by atoms with Gasteiger partial charge in [-0.05, 0) is 29.7 Å². The second kappa shape index (κ2) is 5.64. The quantitative estimate of drug-likeness (QED) is 0.900. The van der Waals surface area contributed by atoms with E-state index in [4.69, 9.17) is 28.9 Å². The van der Waals surface area contributed by atoms with Gasteiger partial charge in [0.15, 0.2) is 0 Å². The number of nitrogens with two attached hydrogens (primary N) is 1. The van der Waals surface area contributed by atoms with Crippen molar-refractivity contribution in [2.75, 3.05) is 0 Å². The molecule has 4 heteroatoms. The zero-order chi connectivity index (χ0) is 14.0. The third-order valence-electron chi connectivity index (χ3n) is 3.02. The Balaban J connectivity index is 2.80. The highest BCUT2D eigenvalue weighted by molar-refractivity contribution is 6.43. The summed E-state index contributed by atoms with van der Waals surface area (Å²) in [6, 6.07) is 10.8. The fourth-order valence-corrected chi connectivity index (χ4v) is 2.51. The first kappa shape index (κ1) is 13.9. The molecule has 2 aromatic rings. The molecule has 2 nitrogen and oxygen atoms in total. The molecule has 19 heavy (non-hydrogen) atoms. The number of carbonyl (C=O) groups is 1. The fraction of sp³-hybridized carbons (Fsp3) is 0.133. The first-order valence-corrected chi connectivity index (χ1v) is 6.68. The van der Waals surface area contributed by atoms with Crippen molar-refractivity contribution in [1.29, 1.82) is 0 Å². The maximum absolute atomic E-state index is 11.6. The summed E-state index contributed by atoms with van der Waals surface area (Å²) in [4.78, 5) is 11.6. The number of halogens is 2. The van der Waals surface area contributed by atoms with Gasteiger partial charge in [0.25, 0.3) is 0 Å². The summed E-state index contributed by atoms with van der Waals surface area (Å²) >= 11 is 12.3. The van der Waals surface area contributed by atoms with E-state index >= 15 is 0 Å². The van der Waals surface area contributed by atoms with E-state index in [0.717, 1.165) is 23.1 Å². The van der Waals surface area contributed by atoms with Crippen LogP contribution < -0.4 is 5.73 Å². The topological polar surface area (TPSA) is 43.1 Å². The predicted molar refractivity (Wildman–Crippen MR) is 79.8 cm³/mol. The number of hydrogen-bond acceptors (Lipinski definition) is 1. The monoisotopic (exact) mass is 293 g/mol. The van der Waals surface area contributed by atoms with Crippen molar-refractivity contribution >= 4 is 29.1 Å². The zero-order valence-electron chi connectivity index (χ0n) is 10.4. The maximum atomic E-state index is 11.6. The van der Waals surface area contributed by atoms with Crippen molar-refractivity contribution in [3.05, 3.63) is 57.6 Å². The Morgan fingerprint density at radius 1 is 1.16 bits per heavy atom. The fourth-order valence-electron chi connectivity index (χ4n) is 2.12. The van der Waals surface area contributed by atoms with Crippen LogP contribution in [0.2, 0.25) is 10.0 Å². The van der Waals surface area contributed by atoms with Gasteiger partial charge in [-0.15, -0.1) is 0 Å². The van der Waals surface area contributed by atoms with Crippen LogP contribution in [0.25, 0.3) is 11.1 Å². The van der Waals surface area contributed by atoms with Gasteiger partial charge in [0.2, 0.25) is 5.91 Å². The van der Waals surface area contributed by atoms with Gasteiger partial charge in [-0.3, -0.25) is 4.79 Å². The largest absolute Gasteiger partial charge is 0.366 e. The number of carbonyl (C=O) groups excluding carboxylic acids is 1. The lowest BCUT2D eigenvalue weighted by Gasteiger charge is -2.14. The molecule has 2 N–H and O–H groups in total. The van der Waals surface area contributed by atoms with Gasteiger partial charge in [-0.1, -0.05) is 54.4 Å². The van der Waals surface area contributed by atoms with E-state index in [-0.39, 0.29) is 0 Å². The highest BCUT2D eigenvalue weighted by atomic mass is 35.5. The molecular formula is C15H13Cl2NO. The predicted octanol–water partition coefficient (Wildman–Crippen LogP) is 4.32. The summed E-state index contributed by atoms with van der Waals surface area (Å²) in [7, 11) is 0. The van der Waals surface area contributed by atoms with Crippen LogP contribution in [-0.4, -0.2) is 5.91 Å². The molecule has 0 saturated carbocycles. The third kappa shape index (κ3) is 2.60. The Kier molecular flexibility index (Phi) is 4.13. The van der Waals surface area contributed by atoms with Gasteiger partial charge in [0.05, 0.1) is 10.0 Å². The van der Waals surface area contributed by atoms with E-state index in [1.807, 2.05) is 25.1 Å². The molecule has 0 bridgehead atoms. The average Bonchev–Trinajstić information content (AvgIpc) is 2.41. The molecule has 2 aromatic carbocycles. The second-order valence-corrected chi connectivity index (χ2v) is 4.94. The molecule has 0 aliphatic heterocycles. The van der Waals surface area contributed by atoms with Crippen molar-refractivity contribution in [2.24, 2.45) is 5.73 Å². The van der Waals surface area contributed by atoms with Crippen LogP contribution in [0, 0.1) is 0 Å². The summed E-state index contributed by atoms with van der Waals surface area (Å²) in [5, 5.41) is 0.896. The Hall–Kier alpha value is -1.51. The summed E-state index contributed by atoms with van der Waals surface area (Å²) in [6.07, 6.45) is 0.777. The molecule has 0 unspecified atom stereocenters. The minimum Gasteiger partial charge on any atom is -0.366 e. The van der Waals surface area contributed by atoms with Gasteiger partial charge >= 0.3 is 0 Å². The van der Waals surface area contributed by atoms with Crippen LogP contribution in [0.5, 0.6) is 0 Å². The lowest BCUT2D eigenvalue weighted by atomic mass is 9.92. The molecule has 0 aromatic heterocycles. The molecule has 0 aliphatic rings. The Morgan fingerprint density at radius 3 is 2.47 bits per heavy atom. The highest BCUT2D eigenvalue weighted by Crippen LogP contribution is 2.37. The molecule has 0 radical (unpaired) electrons. The lowest BCUT2D eigenvalue weighted by Crippen LogP contribution is -2.13. The molecule has 98 valence electrons. The summed E-state index contributed by atoms with van der Waals surface area (Å²) in [6.45, 7) is 2.02. The molecular weight excluding hydrogens is 281 g/mol. The van der Waals surface area contributed by atoms with Gasteiger partial charge in [0, 0.05) is 11.1 Å². The third-order valence-corrected chi connectivity index (χ3v) is 3.84. The Labute approximate surface area is 122 Å². The Bertz CT molecular complexity index is 638. The molecule has 0 heterocycles. The van der Waals surface area contributed by atoms with Gasteiger partial charge in [-0.25, -0.2) is 0 Å². The minimum absolute atomic E-state index is 0.438. The van der Waals surface area contributed by atoms with Crippen molar-refractivity contribution in [2.45, 2.75) is 13.3 Å². The first-order chi connectivity index (χ1) is 9.06. The summed E-state index contributed by atoms with van der Waals surface area (Å²) in [5.41, 5.74) is 8.43. The van der Waals surface area contributed by atoms with E-state index in [1.165, 1.54) is 0 Å². The van der Waals surface area contributed by atoms with Crippen molar-refractivity contribution in [3.63, 3.8) is 0 Å². The van der Waals surface area contributed by atoms with E-state index < -0.39 is 5.91 Å². The number of benzene rings is 2. The molecule has 2 rings (SSSR count). The number of hydrogen-bond donors (Lipinski definition) is 1. The van der Waals surface area contributed by atoms with Crippen LogP contribution >= 0.6 is 23.2 Å². The van der Waals surface area contributed by atoms with Crippen LogP contribution in [0.1, 0.15) is 22.8 Å². The number of primary amides is 1. The zero-order valence-corrected chi connectivity index (χ0v) is 11.9. The van der Waals surface area contributed by atoms with Crippen molar-refractivity contribution in [1.82, 2.24) is 0 Å². The van der Waals surface area contributed by atoms with E-state index in [2.05, 4.69) is 0 Å². The lowest BCUT2D eigenvalue weighted by molar-refractivity contribution is 0.100. The van der Waals surface area contributed by atoms with Gasteiger partial charge < -0.3 is 5.73 Å². The summed E-state index contributed by atoms with van der Waals surface area (Å²) < 4.78 is 0. The van der Waals surface area contributed by atoms with Crippen LogP contribution in [0.15, 0.2) is 36.4 Å². The SMILES string of the molecule is CCc1cccc(C(N)=O)c1-c1cccc(Cl)c1Cl. The number of aryl methyl sites for hydroxylation is 1. The van der Waals surface area contributed by atoms with Gasteiger partial charge in [0.1, 0.15) is 0 Å². The molecule has 0 fully saturated rings. The minimum atomic E-state index is -0.471. The second-order valence-electron chi connectivity index (χ2n) is 4.16. The molecule has 0 atom stereocenters. The molecule has 0 spiro atoms. The molecule has 1 amide bonds. The number of rotatable bonds is 3. The van der Waals surface area contributed by atoms with Crippen molar-refractivity contribution < 1.29 is 4.79 Å². The van der Waals surface area contributed by atoms with E-state index in [9.17, 15) is 4.79 Å². The van der Waals surface area contributed by atoms with Crippen LogP contribution in [-0.2, 0) is 6.42 Å². The first-order valence-electron chi connectivity index (χ1n) is 5.92. The smallest absolute Gasteiger partial charge is 0.249 e. The van der Waals surface area contributed by atoms with E-state index in [1.54, 1.807) is 18.2 Å². The van der Waals surface area contributed by atoms with E-state index in [0.29, 0.717) is 15.6 Å². The average molecular weight is 294 g/mol. The normalized spacial score (nSPS) is 10.5. The Morgan fingerprint density at radius 2 is 1.84 bits per heavy atom. The number of amides is 1. The van der Waals surface area contributed by atoms with Crippen LogP contribution in [0.3, 0.4) is 0 Å². The van der Waals surface area contributed by atoms with Gasteiger partial charge in [-0.2, -0.15) is 0 Å². The van der Waals surface area contributed by atoms with Crippen molar-refractivity contribution in [3.8, 4) is 11.1 Å². The van der Waals surface area contributed by atoms with Crippen LogP contribution in [0.4, 0.5) is 0 Å². The maximum Gasteiger partial charge on any atom is 0.249 e. The molecule has 0 aliphatic carbocycles. The highest BCUT2D eigenvalue weighted by Gasteiger charge is 2.16. The summed E-state index contributed by atoms with van der Waals surface area (Å²) in [5.74, 6) is -0.471. The standard InChI is InChI=1S/C15H13Cl2NO/c1-2-9-5-3-7-11(15(18)19)13(9)10-6-4-8-12(16)14(10)17/h3-8H,2H2,1H3,(H2,18,19).